The molecule has 0 aromatic rings. The van der Waals surface area contributed by atoms with E-state index in [9.17, 15) is 34.5 Å². The molecule has 0 bridgehead atoms. The number of aliphatic carboxylic acids is 1. The summed E-state index contributed by atoms with van der Waals surface area (Å²) >= 11 is 0. The summed E-state index contributed by atoms with van der Waals surface area (Å²) in [6, 6.07) is 0. The van der Waals surface area contributed by atoms with Gasteiger partial charge < -0.3 is 39.0 Å². The average Bonchev–Trinajstić information content (AvgIpc) is 3.48. The molecule has 6 unspecified atom stereocenters. The highest BCUT2D eigenvalue weighted by Gasteiger charge is 2.50. The van der Waals surface area contributed by atoms with Crippen molar-refractivity contribution in [1.82, 2.24) is 0 Å². The van der Waals surface area contributed by atoms with Crippen LogP contribution in [-0.4, -0.2) is 89.2 Å². The molecule has 0 aliphatic carbocycles. The maximum Gasteiger partial charge on any atom is 0.335 e. The molecule has 0 aromatic carbocycles. The van der Waals surface area contributed by atoms with Gasteiger partial charge in [-0.05, 0) is 122 Å². The fraction of sp³-hybridized carbons (Fsp3) is 0.672. The molecular formula is C67H108O12. The van der Waals surface area contributed by atoms with Crippen LogP contribution in [0.1, 0.15) is 239 Å². The van der Waals surface area contributed by atoms with Gasteiger partial charge in [0.2, 0.25) is 0 Å². The molecule has 79 heavy (non-hydrogen) atoms. The molecule has 12 nitrogen and oxygen atoms in total. The highest BCUT2D eigenvalue weighted by Crippen LogP contribution is 2.26. The van der Waals surface area contributed by atoms with Gasteiger partial charge in [-0.2, -0.15) is 0 Å². The number of unbranched alkanes of at least 4 members (excludes halogenated alkanes) is 19. The normalized spacial score (nSPS) is 18.6. The van der Waals surface area contributed by atoms with Crippen LogP contribution in [-0.2, 0) is 42.9 Å². The summed E-state index contributed by atoms with van der Waals surface area (Å²) in [5, 5.41) is 31.5. The highest BCUT2D eigenvalue weighted by molar-refractivity contribution is 5.74. The van der Waals surface area contributed by atoms with Gasteiger partial charge in [-0.1, -0.05) is 207 Å². The van der Waals surface area contributed by atoms with Crippen LogP contribution < -0.4 is 0 Å². The standard InChI is InChI=1S/C67H108O12/c1-4-7-10-13-16-19-22-24-26-28-30-32-34-36-39-41-44-47-50-53-59(68)75-56-58(77-60(69)54-51-48-45-42-38-21-18-15-12-9-6-3)57-76-67-65(63(72)62(71)64(79-67)66(73)74)78-61(70)55-52-49-46-43-40-37-35-33-31-29-27-25-23-20-17-14-11-8-5-2/h7,10,15-20,24-27,30-33,36,39,58,62-65,67,71-72H,4-6,8-9,11-14,21-23,28-29,34-35,37-38,40-57H2,1-3H3,(H,73,74)/b10-7-,18-15-,19-16-,20-17-,26-24-,27-25-,32-30-,33-31-,39-36-. The Morgan fingerprint density at radius 1 is 0.430 bits per heavy atom. The third-order valence-electron chi connectivity index (χ3n) is 13.3. The van der Waals surface area contributed by atoms with Gasteiger partial charge in [0.15, 0.2) is 24.6 Å². The minimum Gasteiger partial charge on any atom is -0.479 e. The first-order valence-electron chi connectivity index (χ1n) is 30.9. The zero-order valence-electron chi connectivity index (χ0n) is 49.3. The maximum absolute atomic E-state index is 13.1. The van der Waals surface area contributed by atoms with Gasteiger partial charge in [-0.15, -0.1) is 0 Å². The Balaban J connectivity index is 2.68. The Bertz CT molecular complexity index is 1790. The number of aliphatic hydroxyl groups is 2. The Hall–Kier alpha value is -4.62. The van der Waals surface area contributed by atoms with Gasteiger partial charge in [-0.25, -0.2) is 4.79 Å². The van der Waals surface area contributed by atoms with E-state index >= 15 is 0 Å². The Kier molecular flexibility index (Phi) is 49.5. The van der Waals surface area contributed by atoms with Crippen LogP contribution in [0.3, 0.4) is 0 Å². The van der Waals surface area contributed by atoms with Crippen molar-refractivity contribution in [3.63, 3.8) is 0 Å². The summed E-state index contributed by atoms with van der Waals surface area (Å²) in [4.78, 5) is 51.2. The molecule has 0 spiro atoms. The molecule has 1 aliphatic heterocycles. The first-order valence-corrected chi connectivity index (χ1v) is 30.9. The second-order valence-electron chi connectivity index (χ2n) is 20.6. The number of carboxylic acid groups (broad SMARTS) is 1. The van der Waals surface area contributed by atoms with Gasteiger partial charge in [0.25, 0.3) is 0 Å². The van der Waals surface area contributed by atoms with Crippen LogP contribution in [0.4, 0.5) is 0 Å². The number of carbonyl (C=O) groups is 4. The summed E-state index contributed by atoms with van der Waals surface area (Å²) in [5.41, 5.74) is 0. The van der Waals surface area contributed by atoms with Crippen molar-refractivity contribution in [1.29, 1.82) is 0 Å². The quantitative estimate of drug-likeness (QED) is 0.0228. The lowest BCUT2D eigenvalue weighted by Crippen LogP contribution is -2.61. The van der Waals surface area contributed by atoms with Crippen molar-refractivity contribution in [3.05, 3.63) is 109 Å². The molecule has 0 saturated carbocycles. The number of esters is 3. The number of hydrogen-bond acceptors (Lipinski definition) is 11. The van der Waals surface area contributed by atoms with Crippen LogP contribution in [0.25, 0.3) is 0 Å². The summed E-state index contributed by atoms with van der Waals surface area (Å²) in [6.45, 7) is 5.77. The molecule has 3 N–H and O–H groups in total. The van der Waals surface area contributed by atoms with E-state index in [0.717, 1.165) is 148 Å². The number of carbonyl (C=O) groups excluding carboxylic acids is 3. The molecule has 1 fully saturated rings. The third kappa shape index (κ3) is 43.8. The van der Waals surface area contributed by atoms with Crippen molar-refractivity contribution >= 4 is 23.9 Å². The number of carboxylic acids is 1. The number of ether oxygens (including phenoxy) is 5. The summed E-state index contributed by atoms with van der Waals surface area (Å²) < 4.78 is 28.4. The van der Waals surface area contributed by atoms with Gasteiger partial charge in [0.1, 0.15) is 18.8 Å². The predicted molar refractivity (Wildman–Crippen MR) is 321 cm³/mol. The van der Waals surface area contributed by atoms with Gasteiger partial charge in [-0.3, -0.25) is 14.4 Å². The van der Waals surface area contributed by atoms with E-state index in [0.29, 0.717) is 19.3 Å². The number of aliphatic hydroxyl groups excluding tert-OH is 2. The minimum absolute atomic E-state index is 0.0367. The lowest BCUT2D eigenvalue weighted by molar-refractivity contribution is -0.301. The predicted octanol–water partition coefficient (Wildman–Crippen LogP) is 16.2. The zero-order chi connectivity index (χ0) is 57.5. The second-order valence-corrected chi connectivity index (χ2v) is 20.6. The Labute approximate surface area is 478 Å². The van der Waals surface area contributed by atoms with Gasteiger partial charge in [0, 0.05) is 19.3 Å². The van der Waals surface area contributed by atoms with Crippen LogP contribution in [0, 0.1) is 0 Å². The first-order chi connectivity index (χ1) is 38.6. The number of allylic oxidation sites excluding steroid dienone is 18. The topological polar surface area (TPSA) is 175 Å². The summed E-state index contributed by atoms with van der Waals surface area (Å²) in [5.74, 6) is -3.20. The van der Waals surface area contributed by atoms with E-state index in [4.69, 9.17) is 23.7 Å². The van der Waals surface area contributed by atoms with E-state index < -0.39 is 67.3 Å². The van der Waals surface area contributed by atoms with E-state index in [2.05, 4.69) is 130 Å². The third-order valence-corrected chi connectivity index (χ3v) is 13.3. The lowest BCUT2D eigenvalue weighted by atomic mass is 9.98. The number of hydrogen-bond donors (Lipinski definition) is 3. The van der Waals surface area contributed by atoms with Gasteiger partial charge >= 0.3 is 23.9 Å². The van der Waals surface area contributed by atoms with Gasteiger partial charge in [0.05, 0.1) is 6.61 Å². The molecule has 1 aliphatic rings. The van der Waals surface area contributed by atoms with E-state index in [1.165, 1.54) is 32.1 Å². The molecule has 0 aromatic heterocycles. The van der Waals surface area contributed by atoms with Crippen LogP contribution in [0.2, 0.25) is 0 Å². The summed E-state index contributed by atoms with van der Waals surface area (Å²) in [7, 11) is 0. The molecule has 6 atom stereocenters. The largest absolute Gasteiger partial charge is 0.479 e. The smallest absolute Gasteiger partial charge is 0.335 e. The van der Waals surface area contributed by atoms with Crippen molar-refractivity contribution < 1.29 is 58.2 Å². The molecule has 12 heteroatoms. The minimum atomic E-state index is -1.92. The van der Waals surface area contributed by atoms with Crippen LogP contribution in [0.15, 0.2) is 109 Å². The Morgan fingerprint density at radius 3 is 1.28 bits per heavy atom. The highest BCUT2D eigenvalue weighted by atomic mass is 16.7. The molecule has 1 rings (SSSR count). The average molecular weight is 1110 g/mol. The molecule has 0 radical (unpaired) electrons. The van der Waals surface area contributed by atoms with Crippen molar-refractivity contribution in [2.75, 3.05) is 13.2 Å². The molecule has 448 valence electrons. The zero-order valence-corrected chi connectivity index (χ0v) is 49.3. The SMILES string of the molecule is CC/C=C\C/C=C\C/C=C\C/C=C\C/C=C\CCCCCC(=O)OCC(COC1OC(C(=O)O)C(O)C(O)C1OC(=O)CCCCCCCC/C=C\C/C=C\C/C=C\CCCCC)OC(=O)CCCCCCC/C=C\CCCC. The van der Waals surface area contributed by atoms with Crippen LogP contribution >= 0.6 is 0 Å². The van der Waals surface area contributed by atoms with Crippen molar-refractivity contribution in [2.45, 2.75) is 276 Å². The fourth-order valence-electron chi connectivity index (χ4n) is 8.56. The van der Waals surface area contributed by atoms with E-state index in [1.807, 2.05) is 0 Å². The fourth-order valence-corrected chi connectivity index (χ4v) is 8.56. The van der Waals surface area contributed by atoms with Crippen molar-refractivity contribution in [3.8, 4) is 0 Å². The lowest BCUT2D eigenvalue weighted by Gasteiger charge is -2.40. The molecule has 0 amide bonds. The number of rotatable bonds is 51. The molecule has 1 heterocycles. The first kappa shape index (κ1) is 72.4. The summed E-state index contributed by atoms with van der Waals surface area (Å²) in [6.07, 6.45) is 60.5. The van der Waals surface area contributed by atoms with Crippen LogP contribution in [0.5, 0.6) is 0 Å². The second kappa shape index (κ2) is 54.0. The van der Waals surface area contributed by atoms with E-state index in [1.54, 1.807) is 0 Å². The Morgan fingerprint density at radius 2 is 0.810 bits per heavy atom. The molecule has 1 saturated heterocycles. The maximum atomic E-state index is 13.1. The monoisotopic (exact) mass is 1100 g/mol. The van der Waals surface area contributed by atoms with Crippen molar-refractivity contribution in [2.24, 2.45) is 0 Å². The van der Waals surface area contributed by atoms with E-state index in [-0.39, 0.29) is 25.9 Å². The molecular weight excluding hydrogens is 997 g/mol.